The van der Waals surface area contributed by atoms with E-state index in [9.17, 15) is 0 Å². The van der Waals surface area contributed by atoms with Crippen molar-refractivity contribution >= 4 is 11.8 Å². The van der Waals surface area contributed by atoms with Crippen molar-refractivity contribution in [1.82, 2.24) is 0 Å². The summed E-state index contributed by atoms with van der Waals surface area (Å²) in [5.74, 6) is 2.08. The Bertz CT molecular complexity index is 134. The summed E-state index contributed by atoms with van der Waals surface area (Å²) < 4.78 is 0. The molecular formula is C8H14S. The predicted octanol–water partition coefficient (Wildman–Crippen LogP) is 3.05. The second-order valence-corrected chi connectivity index (χ2v) is 4.03. The summed E-state index contributed by atoms with van der Waals surface area (Å²) in [5, 5.41) is 0. The summed E-state index contributed by atoms with van der Waals surface area (Å²) in [6, 6.07) is 0. The van der Waals surface area contributed by atoms with Crippen molar-refractivity contribution in [2.75, 3.05) is 5.75 Å². The van der Waals surface area contributed by atoms with Gasteiger partial charge in [0.2, 0.25) is 0 Å². The Morgan fingerprint density at radius 3 is 2.33 bits per heavy atom. The smallest absolute Gasteiger partial charge is 0.00144 e. The molecule has 0 amide bonds. The minimum Gasteiger partial charge on any atom is -0.130 e. The van der Waals surface area contributed by atoms with Crippen molar-refractivity contribution in [1.29, 1.82) is 0 Å². The molecule has 1 heterocycles. The highest BCUT2D eigenvalue weighted by molar-refractivity contribution is 8.03. The first kappa shape index (κ1) is 7.20. The summed E-state index contributed by atoms with van der Waals surface area (Å²) in [4.78, 5) is 1.63. The van der Waals surface area contributed by atoms with Crippen LogP contribution in [-0.4, -0.2) is 5.75 Å². The van der Waals surface area contributed by atoms with Gasteiger partial charge in [-0.1, -0.05) is 19.4 Å². The first-order valence-corrected chi connectivity index (χ1v) is 4.53. The van der Waals surface area contributed by atoms with Gasteiger partial charge in [0.25, 0.3) is 0 Å². The first-order valence-electron chi connectivity index (χ1n) is 3.54. The average molecular weight is 142 g/mol. The van der Waals surface area contributed by atoms with Gasteiger partial charge in [0.05, 0.1) is 0 Å². The molecule has 1 aliphatic rings. The van der Waals surface area contributed by atoms with Gasteiger partial charge in [0, 0.05) is 5.75 Å². The van der Waals surface area contributed by atoms with E-state index in [-0.39, 0.29) is 0 Å². The Kier molecular flexibility index (Phi) is 2.23. The molecule has 0 aromatic carbocycles. The topological polar surface area (TPSA) is 0 Å². The average Bonchev–Trinajstić information content (AvgIpc) is 2.13. The van der Waals surface area contributed by atoms with E-state index < -0.39 is 0 Å². The zero-order valence-electron chi connectivity index (χ0n) is 6.40. The standard InChI is InChI=1S/C8H14S/c1-6(2)8-7(3)4-5-9-8/h6H,4-5H2,1-3H3. The number of rotatable bonds is 1. The molecule has 0 fully saturated rings. The molecule has 0 unspecified atom stereocenters. The van der Waals surface area contributed by atoms with Crippen LogP contribution in [0.1, 0.15) is 27.2 Å². The molecule has 0 atom stereocenters. The summed E-state index contributed by atoms with van der Waals surface area (Å²) in [7, 11) is 0. The minimum atomic E-state index is 0.762. The molecule has 0 radical (unpaired) electrons. The molecule has 0 aromatic heterocycles. The Hall–Kier alpha value is 0.0900. The molecule has 0 N–H and O–H groups in total. The molecule has 52 valence electrons. The van der Waals surface area contributed by atoms with Crippen molar-refractivity contribution in [2.45, 2.75) is 27.2 Å². The lowest BCUT2D eigenvalue weighted by molar-refractivity contribution is 0.806. The van der Waals surface area contributed by atoms with Crippen molar-refractivity contribution in [3.63, 3.8) is 0 Å². The fourth-order valence-electron chi connectivity index (χ4n) is 1.22. The second-order valence-electron chi connectivity index (χ2n) is 2.90. The molecule has 1 rings (SSSR count). The van der Waals surface area contributed by atoms with E-state index in [1.165, 1.54) is 12.2 Å². The van der Waals surface area contributed by atoms with Crippen LogP contribution in [-0.2, 0) is 0 Å². The minimum absolute atomic E-state index is 0.762. The summed E-state index contributed by atoms with van der Waals surface area (Å²) >= 11 is 2.04. The summed E-state index contributed by atoms with van der Waals surface area (Å²) in [6.45, 7) is 6.81. The van der Waals surface area contributed by atoms with Gasteiger partial charge in [-0.3, -0.25) is 0 Å². The molecule has 1 heteroatoms. The molecule has 0 aromatic rings. The van der Waals surface area contributed by atoms with E-state index in [0.717, 1.165) is 5.92 Å². The summed E-state index contributed by atoms with van der Waals surface area (Å²) in [5.41, 5.74) is 1.62. The van der Waals surface area contributed by atoms with Crippen molar-refractivity contribution < 1.29 is 0 Å². The normalized spacial score (nSPS) is 20.0. The van der Waals surface area contributed by atoms with Gasteiger partial charge in [-0.05, 0) is 24.2 Å². The zero-order chi connectivity index (χ0) is 6.85. The Morgan fingerprint density at radius 2 is 2.11 bits per heavy atom. The molecule has 1 aliphatic heterocycles. The van der Waals surface area contributed by atoms with Crippen LogP contribution in [0, 0.1) is 5.92 Å². The van der Waals surface area contributed by atoms with Gasteiger partial charge < -0.3 is 0 Å². The highest BCUT2D eigenvalue weighted by Gasteiger charge is 2.13. The molecule has 0 saturated carbocycles. The fraction of sp³-hybridized carbons (Fsp3) is 0.750. The van der Waals surface area contributed by atoms with Gasteiger partial charge in [0.1, 0.15) is 0 Å². The van der Waals surface area contributed by atoms with Crippen LogP contribution >= 0.6 is 11.8 Å². The van der Waals surface area contributed by atoms with E-state index in [0.29, 0.717) is 0 Å². The van der Waals surface area contributed by atoms with Crippen molar-refractivity contribution in [3.8, 4) is 0 Å². The quantitative estimate of drug-likeness (QED) is 0.542. The monoisotopic (exact) mass is 142 g/mol. The van der Waals surface area contributed by atoms with Crippen LogP contribution in [0.5, 0.6) is 0 Å². The van der Waals surface area contributed by atoms with Gasteiger partial charge in [-0.15, -0.1) is 11.8 Å². The Morgan fingerprint density at radius 1 is 1.44 bits per heavy atom. The third-order valence-corrected chi connectivity index (χ3v) is 3.22. The number of hydrogen-bond donors (Lipinski definition) is 0. The second kappa shape index (κ2) is 2.78. The lowest BCUT2D eigenvalue weighted by atomic mass is 10.1. The van der Waals surface area contributed by atoms with Crippen LogP contribution in [0.3, 0.4) is 0 Å². The first-order chi connectivity index (χ1) is 4.22. The maximum Gasteiger partial charge on any atom is 0.00144 e. The molecule has 0 saturated heterocycles. The fourth-order valence-corrected chi connectivity index (χ4v) is 2.53. The molecule has 9 heavy (non-hydrogen) atoms. The van der Waals surface area contributed by atoms with Gasteiger partial charge in [-0.2, -0.15) is 0 Å². The van der Waals surface area contributed by atoms with E-state index >= 15 is 0 Å². The van der Waals surface area contributed by atoms with Crippen LogP contribution in [0.4, 0.5) is 0 Å². The van der Waals surface area contributed by atoms with E-state index in [4.69, 9.17) is 0 Å². The lowest BCUT2D eigenvalue weighted by Gasteiger charge is -2.05. The highest BCUT2D eigenvalue weighted by Crippen LogP contribution is 2.35. The molecular weight excluding hydrogens is 128 g/mol. The number of hydrogen-bond acceptors (Lipinski definition) is 1. The third-order valence-electron chi connectivity index (χ3n) is 1.68. The van der Waals surface area contributed by atoms with E-state index in [1.54, 1.807) is 10.5 Å². The van der Waals surface area contributed by atoms with Crippen LogP contribution in [0.2, 0.25) is 0 Å². The van der Waals surface area contributed by atoms with E-state index in [1.807, 2.05) is 11.8 Å². The van der Waals surface area contributed by atoms with Crippen LogP contribution in [0.15, 0.2) is 10.5 Å². The largest absolute Gasteiger partial charge is 0.130 e. The van der Waals surface area contributed by atoms with E-state index in [2.05, 4.69) is 20.8 Å². The Balaban J connectivity index is 2.66. The van der Waals surface area contributed by atoms with Gasteiger partial charge >= 0.3 is 0 Å². The van der Waals surface area contributed by atoms with Gasteiger partial charge in [-0.25, -0.2) is 0 Å². The number of thioether (sulfide) groups is 1. The Labute approximate surface area is 61.7 Å². The van der Waals surface area contributed by atoms with Crippen LogP contribution < -0.4 is 0 Å². The highest BCUT2D eigenvalue weighted by atomic mass is 32.2. The zero-order valence-corrected chi connectivity index (χ0v) is 7.22. The van der Waals surface area contributed by atoms with Crippen LogP contribution in [0.25, 0.3) is 0 Å². The van der Waals surface area contributed by atoms with Gasteiger partial charge in [0.15, 0.2) is 0 Å². The van der Waals surface area contributed by atoms with Crippen molar-refractivity contribution in [3.05, 3.63) is 10.5 Å². The molecule has 0 bridgehead atoms. The maximum absolute atomic E-state index is 2.27. The molecule has 0 spiro atoms. The SMILES string of the molecule is CC1=C(C(C)C)SCC1. The molecule has 0 aliphatic carbocycles. The number of allylic oxidation sites excluding steroid dienone is 2. The maximum atomic E-state index is 2.27. The third kappa shape index (κ3) is 1.51. The van der Waals surface area contributed by atoms with Crippen molar-refractivity contribution in [2.24, 2.45) is 5.92 Å². The predicted molar refractivity (Wildman–Crippen MR) is 44.6 cm³/mol. The molecule has 0 nitrogen and oxygen atoms in total. The summed E-state index contributed by atoms with van der Waals surface area (Å²) in [6.07, 6.45) is 1.32. The lowest BCUT2D eigenvalue weighted by Crippen LogP contribution is -1.87.